The number of carbonyl (C=O) groups is 2. The van der Waals surface area contributed by atoms with Crippen LogP contribution < -0.4 is 10.6 Å². The third-order valence-electron chi connectivity index (χ3n) is 6.08. The number of amides is 2. The van der Waals surface area contributed by atoms with E-state index in [2.05, 4.69) is 20.7 Å². The highest BCUT2D eigenvalue weighted by atomic mass is 32.1. The topological polar surface area (TPSA) is 112 Å². The van der Waals surface area contributed by atoms with E-state index in [1.54, 1.807) is 32.2 Å². The Hall–Kier alpha value is -3.61. The molecule has 0 radical (unpaired) electrons. The van der Waals surface area contributed by atoms with Crippen molar-refractivity contribution in [2.24, 2.45) is 5.92 Å². The van der Waals surface area contributed by atoms with Gasteiger partial charge in [0.2, 0.25) is 5.91 Å². The highest BCUT2D eigenvalue weighted by Crippen LogP contribution is 2.34. The molecule has 2 aromatic heterocycles. The average Bonchev–Trinajstić information content (AvgIpc) is 3.54. The number of anilines is 3. The summed E-state index contributed by atoms with van der Waals surface area (Å²) in [5.41, 5.74) is 2.59. The second-order valence-corrected chi connectivity index (χ2v) is 9.77. The van der Waals surface area contributed by atoms with Crippen LogP contribution in [0.1, 0.15) is 32.8 Å². The molecule has 36 heavy (non-hydrogen) atoms. The van der Waals surface area contributed by atoms with E-state index in [1.165, 1.54) is 15.8 Å². The quantitative estimate of drug-likeness (QED) is 0.443. The fraction of sp³-hybridized carbons (Fsp3) is 0.391. The number of carbonyl (C=O) groups excluding carboxylic acids is 2. The Morgan fingerprint density at radius 2 is 1.97 bits per heavy atom. The number of thiazole rings is 1. The van der Waals surface area contributed by atoms with Gasteiger partial charge in [0.25, 0.3) is 5.91 Å². The predicted octanol–water partition coefficient (Wildman–Crippen LogP) is 4.38. The minimum absolute atomic E-state index is 0.0694. The number of hydrogen-bond donors (Lipinski definition) is 3. The van der Waals surface area contributed by atoms with E-state index in [0.717, 1.165) is 16.9 Å². The number of rotatable bonds is 6. The monoisotopic (exact) mass is 522 g/mol. The van der Waals surface area contributed by atoms with Gasteiger partial charge in [-0.15, -0.1) is 0 Å². The molecule has 1 aromatic carbocycles. The zero-order chi connectivity index (χ0) is 26.2. The lowest BCUT2D eigenvalue weighted by atomic mass is 10.1. The lowest BCUT2D eigenvalue weighted by Crippen LogP contribution is -2.34. The average molecular weight is 523 g/mol. The van der Waals surface area contributed by atoms with Gasteiger partial charge in [-0.05, 0) is 38.8 Å². The van der Waals surface area contributed by atoms with Crippen molar-refractivity contribution in [3.63, 3.8) is 0 Å². The van der Waals surface area contributed by atoms with Crippen LogP contribution in [0.2, 0.25) is 0 Å². The Balaban J connectivity index is 1.38. The van der Waals surface area contributed by atoms with E-state index in [4.69, 9.17) is 0 Å². The molecule has 1 fully saturated rings. The number of likely N-dealkylation sites (tertiary alicyclic amines) is 1. The van der Waals surface area contributed by atoms with Crippen LogP contribution in [-0.4, -0.2) is 55.9 Å². The third kappa shape index (κ3) is 5.45. The van der Waals surface area contributed by atoms with Gasteiger partial charge >= 0.3 is 6.18 Å². The lowest BCUT2D eigenvalue weighted by Gasteiger charge is -2.17. The molecule has 9 nitrogen and oxygen atoms in total. The number of aromatic hydroxyl groups is 1. The van der Waals surface area contributed by atoms with Crippen LogP contribution >= 0.6 is 11.3 Å². The van der Waals surface area contributed by atoms with Crippen molar-refractivity contribution in [1.29, 1.82) is 0 Å². The molecule has 0 bridgehead atoms. The van der Waals surface area contributed by atoms with Crippen LogP contribution in [-0.2, 0) is 11.3 Å². The summed E-state index contributed by atoms with van der Waals surface area (Å²) in [6.45, 7) is 4.85. The van der Waals surface area contributed by atoms with E-state index in [-0.39, 0.29) is 37.7 Å². The highest BCUT2D eigenvalue weighted by Gasteiger charge is 2.44. The molecule has 3 N–H and O–H groups in total. The maximum Gasteiger partial charge on any atom is 0.393 e. The molecular formula is C23H25F3N6O3S. The molecule has 0 saturated carbocycles. The molecule has 0 spiro atoms. The van der Waals surface area contributed by atoms with E-state index >= 15 is 0 Å². The normalized spacial score (nSPS) is 15.8. The van der Waals surface area contributed by atoms with Gasteiger partial charge in [-0.1, -0.05) is 17.4 Å². The van der Waals surface area contributed by atoms with Gasteiger partial charge in [0.1, 0.15) is 17.2 Å². The van der Waals surface area contributed by atoms with Crippen molar-refractivity contribution >= 4 is 39.8 Å². The number of nitrogens with one attached hydrogen (secondary N) is 2. The number of halogens is 3. The molecule has 2 amide bonds. The summed E-state index contributed by atoms with van der Waals surface area (Å²) < 4.78 is 40.1. The minimum Gasteiger partial charge on any atom is -0.508 e. The first-order valence-corrected chi connectivity index (χ1v) is 12.0. The van der Waals surface area contributed by atoms with Crippen LogP contribution in [0, 0.1) is 26.7 Å². The van der Waals surface area contributed by atoms with Crippen LogP contribution in [0.3, 0.4) is 0 Å². The Labute approximate surface area is 208 Å². The van der Waals surface area contributed by atoms with Gasteiger partial charge < -0.3 is 20.6 Å². The van der Waals surface area contributed by atoms with Gasteiger partial charge in [0, 0.05) is 30.4 Å². The standard InChI is InChI=1S/C23H25F3N6O3S/c1-12-4-5-16(33)14(3)19(12)28-21(35)17-8-27-22(36-17)29-20-13(2)9-32(30-20)11-18(34)31-7-6-15(10-31)23(24,25)26/h4-5,8-9,15,33H,6-7,10-11H2,1-3H3,(H,28,35)(H,27,29,30). The fourth-order valence-corrected chi connectivity index (χ4v) is 4.67. The molecule has 1 aliphatic heterocycles. The number of alkyl halides is 3. The Morgan fingerprint density at radius 1 is 1.22 bits per heavy atom. The Kier molecular flexibility index (Phi) is 6.94. The lowest BCUT2D eigenvalue weighted by molar-refractivity contribution is -0.171. The first-order valence-electron chi connectivity index (χ1n) is 11.1. The fourth-order valence-electron chi connectivity index (χ4n) is 3.96. The second-order valence-electron chi connectivity index (χ2n) is 8.74. The highest BCUT2D eigenvalue weighted by molar-refractivity contribution is 7.17. The van der Waals surface area contributed by atoms with E-state index in [0.29, 0.717) is 32.6 Å². The molecular weight excluding hydrogens is 497 g/mol. The number of phenolic OH excluding ortho intramolecular Hbond substituents is 1. The van der Waals surface area contributed by atoms with Crippen LogP contribution in [0.4, 0.5) is 29.8 Å². The molecule has 192 valence electrons. The largest absolute Gasteiger partial charge is 0.508 e. The van der Waals surface area contributed by atoms with Gasteiger partial charge in [0.15, 0.2) is 10.9 Å². The third-order valence-corrected chi connectivity index (χ3v) is 7.00. The Morgan fingerprint density at radius 3 is 2.67 bits per heavy atom. The number of nitrogens with zero attached hydrogens (tertiary/aromatic N) is 4. The zero-order valence-corrected chi connectivity index (χ0v) is 20.6. The summed E-state index contributed by atoms with van der Waals surface area (Å²) in [5.74, 6) is -1.81. The molecule has 1 atom stereocenters. The summed E-state index contributed by atoms with van der Waals surface area (Å²) in [7, 11) is 0. The molecule has 1 unspecified atom stereocenters. The molecule has 4 rings (SSSR count). The van der Waals surface area contributed by atoms with Gasteiger partial charge in [-0.25, -0.2) is 4.98 Å². The van der Waals surface area contributed by atoms with Crippen LogP contribution in [0.15, 0.2) is 24.5 Å². The van der Waals surface area contributed by atoms with E-state index < -0.39 is 18.0 Å². The maximum absolute atomic E-state index is 12.9. The summed E-state index contributed by atoms with van der Waals surface area (Å²) in [5, 5.41) is 20.4. The summed E-state index contributed by atoms with van der Waals surface area (Å²) in [6.07, 6.45) is -1.37. The number of benzene rings is 1. The zero-order valence-electron chi connectivity index (χ0n) is 19.8. The smallest absolute Gasteiger partial charge is 0.393 e. The number of aromatic nitrogens is 3. The van der Waals surface area contributed by atoms with Gasteiger partial charge in [-0.2, -0.15) is 18.3 Å². The summed E-state index contributed by atoms with van der Waals surface area (Å²) >= 11 is 1.10. The van der Waals surface area contributed by atoms with Crippen molar-refractivity contribution in [1.82, 2.24) is 19.7 Å². The molecule has 1 aliphatic rings. The molecule has 13 heteroatoms. The molecule has 3 aromatic rings. The number of hydrogen-bond acceptors (Lipinski definition) is 7. The first kappa shape index (κ1) is 25.5. The first-order chi connectivity index (χ1) is 16.9. The number of aryl methyl sites for hydroxylation is 2. The predicted molar refractivity (Wildman–Crippen MR) is 129 cm³/mol. The van der Waals surface area contributed by atoms with Gasteiger partial charge in [-0.3, -0.25) is 14.3 Å². The van der Waals surface area contributed by atoms with Crippen molar-refractivity contribution in [3.05, 3.63) is 46.1 Å². The van der Waals surface area contributed by atoms with Crippen molar-refractivity contribution in [2.75, 3.05) is 23.7 Å². The molecule has 3 heterocycles. The maximum atomic E-state index is 12.9. The molecule has 1 saturated heterocycles. The van der Waals surface area contributed by atoms with Crippen LogP contribution in [0.5, 0.6) is 5.75 Å². The van der Waals surface area contributed by atoms with Crippen molar-refractivity contribution in [3.8, 4) is 5.75 Å². The van der Waals surface area contributed by atoms with Crippen molar-refractivity contribution < 1.29 is 27.9 Å². The van der Waals surface area contributed by atoms with Crippen molar-refractivity contribution in [2.45, 2.75) is 39.9 Å². The number of phenols is 1. The summed E-state index contributed by atoms with van der Waals surface area (Å²) in [4.78, 5) is 30.9. The molecule has 0 aliphatic carbocycles. The van der Waals surface area contributed by atoms with E-state index in [1.807, 2.05) is 6.92 Å². The van der Waals surface area contributed by atoms with Gasteiger partial charge in [0.05, 0.1) is 17.8 Å². The second kappa shape index (κ2) is 9.80. The van der Waals surface area contributed by atoms with Crippen LogP contribution in [0.25, 0.3) is 0 Å². The SMILES string of the molecule is Cc1cn(CC(=O)N2CCC(C(F)(F)F)C2)nc1Nc1ncc(C(=O)Nc2c(C)ccc(O)c2C)s1. The minimum atomic E-state index is -4.31. The Bertz CT molecular complexity index is 1300. The van der Waals surface area contributed by atoms with E-state index in [9.17, 15) is 27.9 Å². The summed E-state index contributed by atoms with van der Waals surface area (Å²) in [6, 6.07) is 3.27.